The second kappa shape index (κ2) is 8.49. The largest absolute Gasteiger partial charge is 0.455 e. The van der Waals surface area contributed by atoms with Crippen molar-refractivity contribution in [1.82, 2.24) is 0 Å². The summed E-state index contributed by atoms with van der Waals surface area (Å²) in [5.41, 5.74) is 1.62. The highest BCUT2D eigenvalue weighted by Crippen LogP contribution is 2.20. The highest BCUT2D eigenvalue weighted by molar-refractivity contribution is 5.94. The molecule has 0 aromatic heterocycles. The second-order valence-electron chi connectivity index (χ2n) is 5.18. The number of rotatable bonds is 6. The molecule has 0 aliphatic carbocycles. The Kier molecular flexibility index (Phi) is 6.09. The first kappa shape index (κ1) is 17.2. The van der Waals surface area contributed by atoms with Crippen LogP contribution in [0.2, 0.25) is 0 Å². The molecule has 1 amide bonds. The van der Waals surface area contributed by atoms with Gasteiger partial charge in [-0.2, -0.15) is 5.26 Å². The summed E-state index contributed by atoms with van der Waals surface area (Å²) in [6, 6.07) is 17.9. The molecule has 2 rings (SSSR count). The van der Waals surface area contributed by atoms with Gasteiger partial charge in [0.05, 0.1) is 17.2 Å². The van der Waals surface area contributed by atoms with Crippen LogP contribution in [0.25, 0.3) is 0 Å². The first-order valence-corrected chi connectivity index (χ1v) is 7.66. The van der Waals surface area contributed by atoms with Crippen LogP contribution >= 0.6 is 0 Å². The predicted molar refractivity (Wildman–Crippen MR) is 90.2 cm³/mol. The normalized spacial score (nSPS) is 11.2. The number of hydrogen-bond donors (Lipinski definition) is 1. The molecule has 24 heavy (non-hydrogen) atoms. The first-order valence-electron chi connectivity index (χ1n) is 7.66. The monoisotopic (exact) mass is 322 g/mol. The van der Waals surface area contributed by atoms with Crippen LogP contribution in [-0.2, 0) is 14.3 Å². The van der Waals surface area contributed by atoms with E-state index in [1.165, 1.54) is 0 Å². The summed E-state index contributed by atoms with van der Waals surface area (Å²) in [6.07, 6.45) is 0.585. The van der Waals surface area contributed by atoms with Crippen molar-refractivity contribution in [2.24, 2.45) is 0 Å². The van der Waals surface area contributed by atoms with Crippen molar-refractivity contribution in [1.29, 1.82) is 5.26 Å². The van der Waals surface area contributed by atoms with E-state index in [0.29, 0.717) is 17.7 Å². The zero-order valence-corrected chi connectivity index (χ0v) is 13.4. The third-order valence-electron chi connectivity index (χ3n) is 3.56. The number of para-hydroxylation sites is 1. The zero-order chi connectivity index (χ0) is 17.4. The van der Waals surface area contributed by atoms with E-state index in [1.54, 1.807) is 24.3 Å². The molecular formula is C19H18N2O3. The third-order valence-corrected chi connectivity index (χ3v) is 3.56. The molecule has 0 saturated heterocycles. The van der Waals surface area contributed by atoms with Crippen LogP contribution in [0.5, 0.6) is 0 Å². The van der Waals surface area contributed by atoms with E-state index < -0.39 is 17.8 Å². The number of nitriles is 1. The number of nitrogens with zero attached hydrogens (tertiary/aromatic N) is 1. The van der Waals surface area contributed by atoms with Gasteiger partial charge in [-0.25, -0.2) is 0 Å². The van der Waals surface area contributed by atoms with Crippen molar-refractivity contribution in [2.75, 3.05) is 11.9 Å². The topological polar surface area (TPSA) is 79.2 Å². The Bertz CT molecular complexity index is 751. The predicted octanol–water partition coefficient (Wildman–Crippen LogP) is 3.23. The van der Waals surface area contributed by atoms with E-state index in [9.17, 15) is 9.59 Å². The zero-order valence-electron chi connectivity index (χ0n) is 13.4. The minimum Gasteiger partial charge on any atom is -0.455 e. The molecule has 0 spiro atoms. The van der Waals surface area contributed by atoms with Gasteiger partial charge in [0.2, 0.25) is 0 Å². The fraction of sp³-hybridized carbons (Fsp3) is 0.211. The minimum atomic E-state index is -0.478. The maximum atomic E-state index is 12.2. The van der Waals surface area contributed by atoms with Crippen molar-refractivity contribution in [3.05, 3.63) is 65.7 Å². The summed E-state index contributed by atoms with van der Waals surface area (Å²) in [6.45, 7) is 1.50. The molecule has 0 saturated carbocycles. The van der Waals surface area contributed by atoms with Gasteiger partial charge < -0.3 is 10.1 Å². The maximum Gasteiger partial charge on any atom is 0.313 e. The Morgan fingerprint density at radius 3 is 2.46 bits per heavy atom. The van der Waals surface area contributed by atoms with Crippen molar-refractivity contribution >= 4 is 17.6 Å². The SMILES string of the molecule is CC[C@H](C(=O)OCC(=O)Nc1ccccc1C#N)c1ccccc1. The van der Waals surface area contributed by atoms with Crippen LogP contribution < -0.4 is 5.32 Å². The Balaban J connectivity index is 1.93. The number of anilines is 1. The molecule has 0 aliphatic rings. The van der Waals surface area contributed by atoms with E-state index in [1.807, 2.05) is 43.3 Å². The number of carbonyl (C=O) groups is 2. The van der Waals surface area contributed by atoms with Gasteiger partial charge in [0.1, 0.15) is 6.07 Å². The number of nitrogens with one attached hydrogen (secondary N) is 1. The van der Waals surface area contributed by atoms with Crippen molar-refractivity contribution < 1.29 is 14.3 Å². The van der Waals surface area contributed by atoms with Gasteiger partial charge in [-0.15, -0.1) is 0 Å². The van der Waals surface area contributed by atoms with Gasteiger partial charge in [0.25, 0.3) is 5.91 Å². The molecule has 0 radical (unpaired) electrons. The van der Waals surface area contributed by atoms with Crippen molar-refractivity contribution in [2.45, 2.75) is 19.3 Å². The summed E-state index contributed by atoms with van der Waals surface area (Å²) in [5, 5.41) is 11.6. The van der Waals surface area contributed by atoms with Gasteiger partial charge in [-0.05, 0) is 24.1 Å². The fourth-order valence-corrected chi connectivity index (χ4v) is 2.34. The Labute approximate surface area is 140 Å². The van der Waals surface area contributed by atoms with E-state index in [2.05, 4.69) is 5.32 Å². The van der Waals surface area contributed by atoms with Crippen molar-refractivity contribution in [3.8, 4) is 6.07 Å². The van der Waals surface area contributed by atoms with Gasteiger partial charge in [-0.1, -0.05) is 49.4 Å². The molecular weight excluding hydrogens is 304 g/mol. The van der Waals surface area contributed by atoms with Crippen LogP contribution in [0, 0.1) is 11.3 Å². The van der Waals surface area contributed by atoms with Gasteiger partial charge in [0.15, 0.2) is 6.61 Å². The lowest BCUT2D eigenvalue weighted by Gasteiger charge is -2.14. The molecule has 0 unspecified atom stereocenters. The average molecular weight is 322 g/mol. The summed E-state index contributed by atoms with van der Waals surface area (Å²) in [7, 11) is 0. The van der Waals surface area contributed by atoms with E-state index >= 15 is 0 Å². The molecule has 122 valence electrons. The number of ether oxygens (including phenoxy) is 1. The van der Waals surface area contributed by atoms with Crippen LogP contribution in [-0.4, -0.2) is 18.5 Å². The number of hydrogen-bond acceptors (Lipinski definition) is 4. The maximum absolute atomic E-state index is 12.2. The molecule has 0 bridgehead atoms. The number of carbonyl (C=O) groups excluding carboxylic acids is 2. The summed E-state index contributed by atoms with van der Waals surface area (Å²) >= 11 is 0. The molecule has 5 heteroatoms. The molecule has 0 heterocycles. The molecule has 5 nitrogen and oxygen atoms in total. The van der Waals surface area contributed by atoms with Crippen LogP contribution in [0.15, 0.2) is 54.6 Å². The standard InChI is InChI=1S/C19H18N2O3/c1-2-16(14-8-4-3-5-9-14)19(23)24-13-18(22)21-17-11-7-6-10-15(17)12-20/h3-11,16H,2,13H2,1H3,(H,21,22)/t16-/m0/s1. The molecule has 0 fully saturated rings. The van der Waals surface area contributed by atoms with Crippen LogP contribution in [0.3, 0.4) is 0 Å². The molecule has 2 aromatic rings. The van der Waals surface area contributed by atoms with Gasteiger partial charge in [-0.3, -0.25) is 9.59 Å². The first-order chi connectivity index (χ1) is 11.7. The lowest BCUT2D eigenvalue weighted by atomic mass is 9.97. The molecule has 0 aliphatic heterocycles. The number of esters is 1. The number of benzene rings is 2. The van der Waals surface area contributed by atoms with E-state index in [-0.39, 0.29) is 6.61 Å². The lowest BCUT2D eigenvalue weighted by molar-refractivity contribution is -0.149. The lowest BCUT2D eigenvalue weighted by Crippen LogP contribution is -2.24. The van der Waals surface area contributed by atoms with E-state index in [4.69, 9.17) is 10.00 Å². The minimum absolute atomic E-state index is 0.355. The Hall–Kier alpha value is -3.13. The quantitative estimate of drug-likeness (QED) is 0.828. The van der Waals surface area contributed by atoms with Gasteiger partial charge >= 0.3 is 5.97 Å². The van der Waals surface area contributed by atoms with E-state index in [0.717, 1.165) is 5.56 Å². The second-order valence-corrected chi connectivity index (χ2v) is 5.18. The van der Waals surface area contributed by atoms with Crippen LogP contribution in [0.4, 0.5) is 5.69 Å². The highest BCUT2D eigenvalue weighted by Gasteiger charge is 2.21. The average Bonchev–Trinajstić information content (AvgIpc) is 2.62. The van der Waals surface area contributed by atoms with Crippen molar-refractivity contribution in [3.63, 3.8) is 0 Å². The van der Waals surface area contributed by atoms with Gasteiger partial charge in [0, 0.05) is 0 Å². The highest BCUT2D eigenvalue weighted by atomic mass is 16.5. The number of amides is 1. The smallest absolute Gasteiger partial charge is 0.313 e. The molecule has 1 atom stereocenters. The summed E-state index contributed by atoms with van der Waals surface area (Å²) in [4.78, 5) is 24.1. The molecule has 2 aromatic carbocycles. The summed E-state index contributed by atoms with van der Waals surface area (Å²) in [5.74, 6) is -1.31. The van der Waals surface area contributed by atoms with Crippen LogP contribution in [0.1, 0.15) is 30.4 Å². The fourth-order valence-electron chi connectivity index (χ4n) is 2.34. The third kappa shape index (κ3) is 4.43. The Morgan fingerprint density at radius 2 is 1.79 bits per heavy atom. The summed E-state index contributed by atoms with van der Waals surface area (Å²) < 4.78 is 5.12. The Morgan fingerprint density at radius 1 is 1.12 bits per heavy atom. The molecule has 1 N–H and O–H groups in total.